The van der Waals surface area contributed by atoms with Gasteiger partial charge in [0.2, 0.25) is 5.91 Å². The number of aliphatic hydroxyl groups is 2. The molecule has 1 amide bonds. The van der Waals surface area contributed by atoms with Crippen LogP contribution >= 0.6 is 11.8 Å². The lowest BCUT2D eigenvalue weighted by Gasteiger charge is -2.29. The summed E-state index contributed by atoms with van der Waals surface area (Å²) in [7, 11) is 3.34. The Morgan fingerprint density at radius 1 is 0.905 bits per heavy atom. The van der Waals surface area contributed by atoms with Gasteiger partial charge in [0.05, 0.1) is 96.7 Å². The fourth-order valence-electron chi connectivity index (χ4n) is 3.55. The van der Waals surface area contributed by atoms with Gasteiger partial charge in [-0.2, -0.15) is 0 Å². The van der Waals surface area contributed by atoms with Crippen LogP contribution in [0.1, 0.15) is 31.7 Å². The van der Waals surface area contributed by atoms with E-state index in [0.29, 0.717) is 95.4 Å². The summed E-state index contributed by atoms with van der Waals surface area (Å²) in [6.45, 7) is 9.36. The number of esters is 1. The summed E-state index contributed by atoms with van der Waals surface area (Å²) in [6.07, 6.45) is 0.230. The first-order valence-corrected chi connectivity index (χ1v) is 15.0. The van der Waals surface area contributed by atoms with Crippen LogP contribution in [0.4, 0.5) is 0 Å². The van der Waals surface area contributed by atoms with Crippen LogP contribution < -0.4 is 10.1 Å². The molecule has 0 bridgehead atoms. The van der Waals surface area contributed by atoms with E-state index in [4.69, 9.17) is 23.7 Å². The third-order valence-corrected chi connectivity index (χ3v) is 6.90. The Labute approximate surface area is 253 Å². The van der Waals surface area contributed by atoms with Crippen molar-refractivity contribution in [2.75, 3.05) is 99.0 Å². The minimum Gasteiger partial charge on any atom is -0.492 e. The van der Waals surface area contributed by atoms with Crippen LogP contribution in [-0.4, -0.2) is 136 Å². The van der Waals surface area contributed by atoms with Crippen LogP contribution in [0.5, 0.6) is 5.75 Å². The first kappa shape index (κ1) is 38.0. The van der Waals surface area contributed by atoms with Gasteiger partial charge in [0, 0.05) is 36.5 Å². The van der Waals surface area contributed by atoms with Crippen molar-refractivity contribution in [1.29, 1.82) is 0 Å². The number of rotatable bonds is 26. The van der Waals surface area contributed by atoms with Gasteiger partial charge >= 0.3 is 5.97 Å². The van der Waals surface area contributed by atoms with E-state index in [1.54, 1.807) is 23.9 Å². The SMILES string of the molecule is COC(=O)CCOCCOCCOCCOCCNC(=O)CSC(C)(C)CN(C)CCOc1cc(CO)nc(CO)c1. The average molecular weight is 620 g/mol. The molecule has 0 unspecified atom stereocenters. The third kappa shape index (κ3) is 20.0. The third-order valence-electron chi connectivity index (χ3n) is 5.58. The Morgan fingerprint density at radius 2 is 1.45 bits per heavy atom. The van der Waals surface area contributed by atoms with Gasteiger partial charge in [-0.25, -0.2) is 0 Å². The number of methoxy groups -OCH3 is 1. The fourth-order valence-corrected chi connectivity index (χ4v) is 4.49. The highest BCUT2D eigenvalue weighted by atomic mass is 32.2. The molecule has 1 rings (SSSR count). The van der Waals surface area contributed by atoms with Crippen LogP contribution in [0.15, 0.2) is 12.1 Å². The number of ether oxygens (including phenoxy) is 6. The van der Waals surface area contributed by atoms with Crippen LogP contribution in [0.2, 0.25) is 0 Å². The average Bonchev–Trinajstić information content (AvgIpc) is 2.97. The summed E-state index contributed by atoms with van der Waals surface area (Å²) in [4.78, 5) is 29.4. The zero-order valence-electron chi connectivity index (χ0n) is 25.4. The number of aliphatic hydroxyl groups excluding tert-OH is 2. The molecular weight excluding hydrogens is 570 g/mol. The molecule has 1 aromatic heterocycles. The Hall–Kier alpha value is -2.04. The zero-order valence-corrected chi connectivity index (χ0v) is 26.2. The van der Waals surface area contributed by atoms with Gasteiger partial charge in [0.1, 0.15) is 12.4 Å². The molecule has 0 atom stereocenters. The quantitative estimate of drug-likeness (QED) is 0.0981. The second-order valence-electron chi connectivity index (χ2n) is 9.86. The molecule has 0 aliphatic carbocycles. The molecule has 0 spiro atoms. The summed E-state index contributed by atoms with van der Waals surface area (Å²) >= 11 is 1.59. The molecule has 0 aliphatic heterocycles. The number of hydrogen-bond donors (Lipinski definition) is 3. The Bertz CT molecular complexity index is 856. The zero-order chi connectivity index (χ0) is 31.1. The minimum atomic E-state index is -0.298. The molecule has 13 nitrogen and oxygen atoms in total. The molecule has 0 saturated carbocycles. The van der Waals surface area contributed by atoms with E-state index in [0.717, 1.165) is 6.54 Å². The van der Waals surface area contributed by atoms with Crippen molar-refractivity contribution in [2.24, 2.45) is 0 Å². The van der Waals surface area contributed by atoms with E-state index in [1.165, 1.54) is 7.11 Å². The van der Waals surface area contributed by atoms with Gasteiger partial charge in [0.25, 0.3) is 0 Å². The largest absolute Gasteiger partial charge is 0.492 e. The topological polar surface area (TPSA) is 158 Å². The van der Waals surface area contributed by atoms with Gasteiger partial charge in [-0.05, 0) is 20.9 Å². The molecule has 0 saturated heterocycles. The number of thioether (sulfide) groups is 1. The van der Waals surface area contributed by atoms with E-state index in [2.05, 4.69) is 33.8 Å². The molecule has 1 aromatic rings. The van der Waals surface area contributed by atoms with Crippen LogP contribution in [0, 0.1) is 0 Å². The minimum absolute atomic E-state index is 0.0394. The Kier molecular flexibility index (Phi) is 21.2. The van der Waals surface area contributed by atoms with Gasteiger partial charge in [-0.1, -0.05) is 0 Å². The van der Waals surface area contributed by atoms with E-state index in [-0.39, 0.29) is 36.3 Å². The standard InChI is InChI=1S/C28H49N3O10S/c1-28(2,22-31(3)7-10-41-25-17-23(19-32)30-24(18-25)20-33)42-21-26(34)29-6-9-38-12-14-40-16-15-39-13-11-37-8-5-27(35)36-4/h17-18,32-33H,5-16,19-22H2,1-4H3,(H,29,34). The van der Waals surface area contributed by atoms with Crippen molar-refractivity contribution < 1.29 is 48.2 Å². The van der Waals surface area contributed by atoms with E-state index < -0.39 is 0 Å². The highest BCUT2D eigenvalue weighted by molar-refractivity contribution is 8.01. The molecule has 0 aromatic carbocycles. The number of aromatic nitrogens is 1. The van der Waals surface area contributed by atoms with Crippen molar-refractivity contribution in [3.05, 3.63) is 23.5 Å². The van der Waals surface area contributed by atoms with Crippen molar-refractivity contribution in [2.45, 2.75) is 38.2 Å². The first-order chi connectivity index (χ1) is 20.2. The van der Waals surface area contributed by atoms with E-state index in [9.17, 15) is 19.8 Å². The molecule has 1 heterocycles. The Morgan fingerprint density at radius 3 is 2.00 bits per heavy atom. The van der Waals surface area contributed by atoms with Gasteiger partial charge < -0.3 is 48.9 Å². The number of carbonyl (C=O) groups excluding carboxylic acids is 2. The monoisotopic (exact) mass is 619 g/mol. The van der Waals surface area contributed by atoms with Crippen LogP contribution in [0.3, 0.4) is 0 Å². The lowest BCUT2D eigenvalue weighted by molar-refractivity contribution is -0.142. The van der Waals surface area contributed by atoms with Crippen molar-refractivity contribution in [3.8, 4) is 5.75 Å². The predicted octanol–water partition coefficient (Wildman–Crippen LogP) is 0.634. The molecule has 242 valence electrons. The summed E-state index contributed by atoms with van der Waals surface area (Å²) in [5.41, 5.74) is 0.904. The summed E-state index contributed by atoms with van der Waals surface area (Å²) in [5.74, 6) is 0.573. The molecule has 0 aliphatic rings. The summed E-state index contributed by atoms with van der Waals surface area (Å²) < 4.78 is 31.7. The number of carbonyl (C=O) groups is 2. The number of pyridine rings is 1. The maximum absolute atomic E-state index is 12.2. The molecule has 3 N–H and O–H groups in total. The number of likely N-dealkylation sites (N-methyl/N-ethyl adjacent to an activating group) is 1. The van der Waals surface area contributed by atoms with E-state index >= 15 is 0 Å². The molecule has 0 fully saturated rings. The van der Waals surface area contributed by atoms with E-state index in [1.807, 2.05) is 7.05 Å². The number of nitrogens with zero attached hydrogens (tertiary/aromatic N) is 2. The molecule has 14 heteroatoms. The molecule has 42 heavy (non-hydrogen) atoms. The second-order valence-corrected chi connectivity index (χ2v) is 11.5. The first-order valence-electron chi connectivity index (χ1n) is 14.0. The normalized spacial score (nSPS) is 11.6. The smallest absolute Gasteiger partial charge is 0.307 e. The van der Waals surface area contributed by atoms with Gasteiger partial charge in [-0.3, -0.25) is 14.6 Å². The number of hydrogen-bond acceptors (Lipinski definition) is 13. The Balaban J connectivity index is 2.01. The summed E-state index contributed by atoms with van der Waals surface area (Å²) in [5, 5.41) is 21.5. The predicted molar refractivity (Wildman–Crippen MR) is 159 cm³/mol. The lowest BCUT2D eigenvalue weighted by atomic mass is 10.2. The maximum Gasteiger partial charge on any atom is 0.307 e. The molecule has 0 radical (unpaired) electrons. The highest BCUT2D eigenvalue weighted by Crippen LogP contribution is 2.25. The van der Waals surface area contributed by atoms with Crippen molar-refractivity contribution >= 4 is 23.6 Å². The van der Waals surface area contributed by atoms with Crippen LogP contribution in [-0.2, 0) is 46.5 Å². The summed E-state index contributed by atoms with van der Waals surface area (Å²) in [6, 6.07) is 3.32. The van der Waals surface area contributed by atoms with Gasteiger partial charge in [0.15, 0.2) is 0 Å². The number of nitrogens with one attached hydrogen (secondary N) is 1. The van der Waals surface area contributed by atoms with Crippen molar-refractivity contribution in [3.63, 3.8) is 0 Å². The second kappa shape index (κ2) is 23.4. The van der Waals surface area contributed by atoms with Crippen molar-refractivity contribution in [1.82, 2.24) is 15.2 Å². The fraction of sp³-hybridized carbons (Fsp3) is 0.750. The van der Waals surface area contributed by atoms with Crippen LogP contribution in [0.25, 0.3) is 0 Å². The van der Waals surface area contributed by atoms with Gasteiger partial charge in [-0.15, -0.1) is 11.8 Å². The maximum atomic E-state index is 12.2. The number of amides is 1. The molecular formula is C28H49N3O10S. The highest BCUT2D eigenvalue weighted by Gasteiger charge is 2.22. The lowest BCUT2D eigenvalue weighted by Crippen LogP contribution is -2.38.